The summed E-state index contributed by atoms with van der Waals surface area (Å²) in [5, 5.41) is 10.7. The number of benzene rings is 1. The van der Waals surface area contributed by atoms with Crippen LogP contribution in [0.3, 0.4) is 0 Å². The highest BCUT2D eigenvalue weighted by atomic mass is 35.5. The van der Waals surface area contributed by atoms with Gasteiger partial charge in [-0.1, -0.05) is 11.6 Å². The second kappa shape index (κ2) is 3.33. The number of thiol groups is 1. The third kappa shape index (κ3) is 1.70. The molecule has 0 aliphatic rings. The first-order valence-electron chi connectivity index (χ1n) is 3.16. The Morgan fingerprint density at radius 2 is 2.17 bits per heavy atom. The highest BCUT2D eigenvalue weighted by molar-refractivity contribution is 7.80. The fourth-order valence-electron chi connectivity index (χ4n) is 0.852. The van der Waals surface area contributed by atoms with Gasteiger partial charge >= 0.3 is 0 Å². The van der Waals surface area contributed by atoms with Crippen molar-refractivity contribution in [3.05, 3.63) is 32.8 Å². The first-order valence-corrected chi connectivity index (χ1v) is 3.98. The number of nitro benzene ring substituents is 1. The molecule has 0 atom stereocenters. The molecule has 5 heteroatoms. The van der Waals surface area contributed by atoms with E-state index in [1.807, 2.05) is 0 Å². The molecule has 0 aliphatic carbocycles. The van der Waals surface area contributed by atoms with Crippen molar-refractivity contribution in [1.29, 1.82) is 0 Å². The largest absolute Gasteiger partial charge is 0.273 e. The summed E-state index contributed by atoms with van der Waals surface area (Å²) >= 11 is 9.68. The summed E-state index contributed by atoms with van der Waals surface area (Å²) in [5.74, 6) is 0. The average molecular weight is 204 g/mol. The first kappa shape index (κ1) is 9.35. The minimum Gasteiger partial charge on any atom is -0.258 e. The molecule has 0 heterocycles. The average Bonchev–Trinajstić information content (AvgIpc) is 1.96. The van der Waals surface area contributed by atoms with Crippen molar-refractivity contribution >= 4 is 29.9 Å². The van der Waals surface area contributed by atoms with Gasteiger partial charge in [-0.2, -0.15) is 0 Å². The molecular weight excluding hydrogens is 198 g/mol. The van der Waals surface area contributed by atoms with Gasteiger partial charge < -0.3 is 0 Å². The Morgan fingerprint density at radius 1 is 1.58 bits per heavy atom. The Bertz CT molecular complexity index is 340. The molecule has 1 aromatic carbocycles. The summed E-state index contributed by atoms with van der Waals surface area (Å²) in [7, 11) is 0. The van der Waals surface area contributed by atoms with Crippen molar-refractivity contribution < 1.29 is 4.92 Å². The molecule has 12 heavy (non-hydrogen) atoms. The van der Waals surface area contributed by atoms with Gasteiger partial charge in [-0.15, -0.1) is 12.6 Å². The van der Waals surface area contributed by atoms with E-state index in [2.05, 4.69) is 12.6 Å². The number of hydrogen-bond donors (Lipinski definition) is 1. The van der Waals surface area contributed by atoms with Crippen LogP contribution in [0.2, 0.25) is 5.02 Å². The molecule has 0 N–H and O–H groups in total. The molecule has 64 valence electrons. The van der Waals surface area contributed by atoms with Crippen molar-refractivity contribution in [1.82, 2.24) is 0 Å². The molecule has 0 fully saturated rings. The number of aryl methyl sites for hydroxylation is 1. The Kier molecular flexibility index (Phi) is 2.59. The predicted octanol–water partition coefficient (Wildman–Crippen LogP) is 2.85. The van der Waals surface area contributed by atoms with Crippen LogP contribution in [0.4, 0.5) is 5.69 Å². The molecule has 3 nitrogen and oxygen atoms in total. The molecular formula is C7H6ClNO2S. The van der Waals surface area contributed by atoms with Gasteiger partial charge in [0, 0.05) is 16.5 Å². The SMILES string of the molecule is Cc1cc(S)c(Cl)cc1[N+](=O)[O-]. The normalized spacial score (nSPS) is 9.92. The van der Waals surface area contributed by atoms with E-state index < -0.39 is 4.92 Å². The minimum atomic E-state index is -0.464. The second-order valence-corrected chi connectivity index (χ2v) is 3.24. The number of nitrogens with zero attached hydrogens (tertiary/aromatic N) is 1. The van der Waals surface area contributed by atoms with E-state index in [1.165, 1.54) is 6.07 Å². The number of halogens is 1. The molecule has 1 aromatic rings. The summed E-state index contributed by atoms with van der Waals surface area (Å²) in [6.07, 6.45) is 0. The van der Waals surface area contributed by atoms with Crippen LogP contribution in [0.5, 0.6) is 0 Å². The van der Waals surface area contributed by atoms with Crippen LogP contribution in [-0.4, -0.2) is 4.92 Å². The lowest BCUT2D eigenvalue weighted by Crippen LogP contribution is -1.91. The van der Waals surface area contributed by atoms with Gasteiger partial charge in [0.05, 0.1) is 9.95 Å². The minimum absolute atomic E-state index is 0.0257. The molecule has 0 bridgehead atoms. The van der Waals surface area contributed by atoms with Crippen molar-refractivity contribution in [2.75, 3.05) is 0 Å². The quantitative estimate of drug-likeness (QED) is 0.433. The predicted molar refractivity (Wildman–Crippen MR) is 50.1 cm³/mol. The zero-order chi connectivity index (χ0) is 9.30. The highest BCUT2D eigenvalue weighted by Gasteiger charge is 2.12. The fourth-order valence-corrected chi connectivity index (χ4v) is 1.27. The van der Waals surface area contributed by atoms with Crippen LogP contribution in [0.25, 0.3) is 0 Å². The summed E-state index contributed by atoms with van der Waals surface area (Å²) in [4.78, 5) is 10.5. The van der Waals surface area contributed by atoms with Gasteiger partial charge in [0.1, 0.15) is 0 Å². The van der Waals surface area contributed by atoms with E-state index in [0.717, 1.165) is 0 Å². The Hall–Kier alpha value is -0.740. The highest BCUT2D eigenvalue weighted by Crippen LogP contribution is 2.28. The number of hydrogen-bond acceptors (Lipinski definition) is 3. The summed E-state index contributed by atoms with van der Waals surface area (Å²) in [6, 6.07) is 2.88. The number of rotatable bonds is 1. The molecule has 1 rings (SSSR count). The molecule has 0 radical (unpaired) electrons. The van der Waals surface area contributed by atoms with Gasteiger partial charge in [0.15, 0.2) is 0 Å². The molecule has 0 spiro atoms. The fraction of sp³-hybridized carbons (Fsp3) is 0.143. The van der Waals surface area contributed by atoms with E-state index in [-0.39, 0.29) is 5.69 Å². The van der Waals surface area contributed by atoms with E-state index in [1.54, 1.807) is 13.0 Å². The Balaban J connectivity index is 3.33. The molecule has 0 saturated carbocycles. The maximum Gasteiger partial charge on any atom is 0.273 e. The zero-order valence-corrected chi connectivity index (χ0v) is 7.89. The first-order chi connectivity index (χ1) is 5.52. The summed E-state index contributed by atoms with van der Waals surface area (Å²) < 4.78 is 0. The van der Waals surface area contributed by atoms with Crippen LogP contribution in [-0.2, 0) is 0 Å². The van der Waals surface area contributed by atoms with Crippen molar-refractivity contribution in [2.24, 2.45) is 0 Å². The number of nitro groups is 1. The lowest BCUT2D eigenvalue weighted by Gasteiger charge is -1.99. The maximum atomic E-state index is 10.4. The second-order valence-electron chi connectivity index (χ2n) is 2.35. The lowest BCUT2D eigenvalue weighted by atomic mass is 10.2. The lowest BCUT2D eigenvalue weighted by molar-refractivity contribution is -0.385. The molecule has 0 unspecified atom stereocenters. The van der Waals surface area contributed by atoms with Crippen LogP contribution in [0.1, 0.15) is 5.56 Å². The maximum absolute atomic E-state index is 10.4. The topological polar surface area (TPSA) is 43.1 Å². The Morgan fingerprint density at radius 3 is 2.67 bits per heavy atom. The van der Waals surface area contributed by atoms with Crippen LogP contribution < -0.4 is 0 Å². The van der Waals surface area contributed by atoms with Crippen molar-refractivity contribution in [3.8, 4) is 0 Å². The van der Waals surface area contributed by atoms with E-state index >= 15 is 0 Å². The van der Waals surface area contributed by atoms with Gasteiger partial charge in [-0.05, 0) is 13.0 Å². The third-order valence-electron chi connectivity index (χ3n) is 1.46. The third-order valence-corrected chi connectivity index (χ3v) is 2.28. The van der Waals surface area contributed by atoms with Crippen LogP contribution in [0.15, 0.2) is 17.0 Å². The van der Waals surface area contributed by atoms with E-state index in [9.17, 15) is 10.1 Å². The van der Waals surface area contributed by atoms with Gasteiger partial charge in [0.2, 0.25) is 0 Å². The van der Waals surface area contributed by atoms with E-state index in [0.29, 0.717) is 15.5 Å². The standard InChI is InChI=1S/C7H6ClNO2S/c1-4-2-7(12)5(8)3-6(4)9(10)11/h2-3,12H,1H3. The Labute approximate surface area is 79.9 Å². The van der Waals surface area contributed by atoms with E-state index in [4.69, 9.17) is 11.6 Å². The molecule has 0 aromatic heterocycles. The monoisotopic (exact) mass is 203 g/mol. The van der Waals surface area contributed by atoms with Gasteiger partial charge in [-0.3, -0.25) is 10.1 Å². The van der Waals surface area contributed by atoms with Crippen molar-refractivity contribution in [3.63, 3.8) is 0 Å². The molecule has 0 amide bonds. The van der Waals surface area contributed by atoms with Gasteiger partial charge in [-0.25, -0.2) is 0 Å². The van der Waals surface area contributed by atoms with Crippen molar-refractivity contribution in [2.45, 2.75) is 11.8 Å². The summed E-state index contributed by atoms with van der Waals surface area (Å²) in [6.45, 7) is 1.65. The summed E-state index contributed by atoms with van der Waals surface area (Å²) in [5.41, 5.74) is 0.590. The van der Waals surface area contributed by atoms with Crippen LogP contribution >= 0.6 is 24.2 Å². The van der Waals surface area contributed by atoms with Crippen LogP contribution in [0, 0.1) is 17.0 Å². The smallest absolute Gasteiger partial charge is 0.258 e. The molecule has 0 saturated heterocycles. The van der Waals surface area contributed by atoms with Gasteiger partial charge in [0.25, 0.3) is 5.69 Å². The zero-order valence-electron chi connectivity index (χ0n) is 6.24. The molecule has 0 aliphatic heterocycles.